The molecule has 162 valence electrons. The number of ether oxygens (including phenoxy) is 2. The van der Waals surface area contributed by atoms with Gasteiger partial charge in [-0.05, 0) is 43.2 Å². The summed E-state index contributed by atoms with van der Waals surface area (Å²) < 4.78 is 13.2. The Morgan fingerprint density at radius 2 is 1.94 bits per heavy atom. The highest BCUT2D eigenvalue weighted by Crippen LogP contribution is 2.32. The zero-order valence-electron chi connectivity index (χ0n) is 17.6. The number of benzene rings is 1. The Bertz CT molecular complexity index is 1040. The molecule has 1 aliphatic heterocycles. The van der Waals surface area contributed by atoms with Crippen molar-refractivity contribution in [3.8, 4) is 22.9 Å². The molecule has 1 amide bonds. The van der Waals surface area contributed by atoms with Crippen molar-refractivity contribution in [2.24, 2.45) is 0 Å². The van der Waals surface area contributed by atoms with E-state index in [4.69, 9.17) is 9.47 Å². The molecule has 1 N–H and O–H groups in total. The van der Waals surface area contributed by atoms with Gasteiger partial charge in [0.1, 0.15) is 13.2 Å². The predicted octanol–water partition coefficient (Wildman–Crippen LogP) is 3.49. The number of hydrogen-bond acceptors (Lipinski definition) is 7. The van der Waals surface area contributed by atoms with Gasteiger partial charge in [0, 0.05) is 24.5 Å². The molecule has 0 fully saturated rings. The molecule has 0 spiro atoms. The zero-order valence-corrected chi connectivity index (χ0v) is 18.4. The van der Waals surface area contributed by atoms with E-state index in [0.29, 0.717) is 13.2 Å². The summed E-state index contributed by atoms with van der Waals surface area (Å²) in [6, 6.07) is 9.42. The number of nitrogens with zero attached hydrogens (tertiary/aromatic N) is 4. The minimum absolute atomic E-state index is 0.0658. The van der Waals surface area contributed by atoms with Crippen LogP contribution in [0.3, 0.4) is 0 Å². The van der Waals surface area contributed by atoms with E-state index in [-0.39, 0.29) is 17.7 Å². The van der Waals surface area contributed by atoms with Crippen LogP contribution in [0.5, 0.6) is 11.5 Å². The molecule has 4 rings (SSSR count). The van der Waals surface area contributed by atoms with E-state index in [9.17, 15) is 4.79 Å². The molecule has 31 heavy (non-hydrogen) atoms. The van der Waals surface area contributed by atoms with Gasteiger partial charge < -0.3 is 19.4 Å². The first kappa shape index (κ1) is 21.2. The van der Waals surface area contributed by atoms with Crippen molar-refractivity contribution in [2.45, 2.75) is 38.0 Å². The highest BCUT2D eigenvalue weighted by atomic mass is 32.2. The standard InChI is InChI=1S/C22H25N5O3S/c1-3-10-27-21(16-6-8-23-9-7-16)25-26-22(27)31-14-20(28)24-15(2)17-4-5-18-19(13-17)30-12-11-29-18/h4-9,13,15H,3,10-12,14H2,1-2H3,(H,24,28). The third-order valence-corrected chi connectivity index (χ3v) is 5.85. The SMILES string of the molecule is CCCn1c(SCC(=O)NC(C)c2ccc3c(c2)OCCO3)nnc1-c1ccncc1. The van der Waals surface area contributed by atoms with Gasteiger partial charge in [-0.1, -0.05) is 24.8 Å². The molecule has 3 aromatic rings. The zero-order chi connectivity index (χ0) is 21.6. The Labute approximate surface area is 185 Å². The smallest absolute Gasteiger partial charge is 0.230 e. The van der Waals surface area contributed by atoms with Crippen LogP contribution >= 0.6 is 11.8 Å². The monoisotopic (exact) mass is 439 g/mol. The fraction of sp³-hybridized carbons (Fsp3) is 0.364. The summed E-state index contributed by atoms with van der Waals surface area (Å²) >= 11 is 1.39. The molecule has 1 aliphatic rings. The van der Waals surface area contributed by atoms with Crippen LogP contribution in [0.4, 0.5) is 0 Å². The fourth-order valence-electron chi connectivity index (χ4n) is 3.36. The summed E-state index contributed by atoms with van der Waals surface area (Å²) in [5.74, 6) is 2.44. The minimum atomic E-state index is -0.148. The number of rotatable bonds is 8. The number of pyridine rings is 1. The van der Waals surface area contributed by atoms with Crippen molar-refractivity contribution in [3.05, 3.63) is 48.3 Å². The maximum Gasteiger partial charge on any atom is 0.230 e. The van der Waals surface area contributed by atoms with Gasteiger partial charge in [0.2, 0.25) is 5.91 Å². The van der Waals surface area contributed by atoms with Gasteiger partial charge in [0.15, 0.2) is 22.5 Å². The van der Waals surface area contributed by atoms with Crippen LogP contribution in [0.1, 0.15) is 31.9 Å². The van der Waals surface area contributed by atoms with Crippen LogP contribution in [-0.2, 0) is 11.3 Å². The summed E-state index contributed by atoms with van der Waals surface area (Å²) in [5, 5.41) is 12.4. The van der Waals surface area contributed by atoms with Crippen molar-refractivity contribution >= 4 is 17.7 Å². The maximum atomic E-state index is 12.6. The van der Waals surface area contributed by atoms with Crippen LogP contribution < -0.4 is 14.8 Å². The number of fused-ring (bicyclic) bond motifs is 1. The Morgan fingerprint density at radius 1 is 1.16 bits per heavy atom. The van der Waals surface area contributed by atoms with Crippen LogP contribution in [0.2, 0.25) is 0 Å². The van der Waals surface area contributed by atoms with Crippen LogP contribution in [0.25, 0.3) is 11.4 Å². The lowest BCUT2D eigenvalue weighted by atomic mass is 10.1. The summed E-state index contributed by atoms with van der Waals surface area (Å²) in [6.45, 7) is 5.93. The topological polar surface area (TPSA) is 91.2 Å². The van der Waals surface area contributed by atoms with Crippen LogP contribution in [0, 0.1) is 0 Å². The molecule has 9 heteroatoms. The first-order valence-corrected chi connectivity index (χ1v) is 11.3. The van der Waals surface area contributed by atoms with E-state index >= 15 is 0 Å². The van der Waals surface area contributed by atoms with Crippen LogP contribution in [0.15, 0.2) is 47.9 Å². The lowest BCUT2D eigenvalue weighted by Gasteiger charge is -2.21. The third kappa shape index (κ3) is 4.99. The Balaban J connectivity index is 1.39. The summed E-state index contributed by atoms with van der Waals surface area (Å²) in [6.07, 6.45) is 4.41. The number of hydrogen-bond donors (Lipinski definition) is 1. The molecular weight excluding hydrogens is 414 g/mol. The van der Waals surface area contributed by atoms with Crippen molar-refractivity contribution in [1.82, 2.24) is 25.1 Å². The molecule has 1 atom stereocenters. The third-order valence-electron chi connectivity index (χ3n) is 4.88. The van der Waals surface area contributed by atoms with Crippen molar-refractivity contribution < 1.29 is 14.3 Å². The number of carbonyl (C=O) groups excluding carboxylic acids is 1. The Morgan fingerprint density at radius 3 is 2.71 bits per heavy atom. The normalized spacial score (nSPS) is 13.6. The molecule has 0 bridgehead atoms. The molecule has 1 aromatic carbocycles. The van der Waals surface area contributed by atoms with Gasteiger partial charge in [0.05, 0.1) is 11.8 Å². The Kier molecular flexibility index (Phi) is 6.71. The molecular formula is C22H25N5O3S. The number of thioether (sulfide) groups is 1. The molecule has 0 saturated heterocycles. The quantitative estimate of drug-likeness (QED) is 0.537. The van der Waals surface area contributed by atoms with Gasteiger partial charge in [-0.2, -0.15) is 0 Å². The second kappa shape index (κ2) is 9.82. The van der Waals surface area contributed by atoms with Crippen molar-refractivity contribution in [2.75, 3.05) is 19.0 Å². The van der Waals surface area contributed by atoms with E-state index < -0.39 is 0 Å². The number of aromatic nitrogens is 4. The predicted molar refractivity (Wildman–Crippen MR) is 118 cm³/mol. The average Bonchev–Trinajstić information content (AvgIpc) is 3.20. The molecule has 0 aliphatic carbocycles. The van der Waals surface area contributed by atoms with Crippen molar-refractivity contribution in [3.63, 3.8) is 0 Å². The van der Waals surface area contributed by atoms with E-state index in [0.717, 1.165) is 46.6 Å². The lowest BCUT2D eigenvalue weighted by Crippen LogP contribution is -2.28. The minimum Gasteiger partial charge on any atom is -0.486 e. The summed E-state index contributed by atoms with van der Waals surface area (Å²) in [4.78, 5) is 16.6. The molecule has 3 heterocycles. The lowest BCUT2D eigenvalue weighted by molar-refractivity contribution is -0.119. The van der Waals surface area contributed by atoms with Crippen LogP contribution in [-0.4, -0.2) is 44.6 Å². The fourth-order valence-corrected chi connectivity index (χ4v) is 4.14. The van der Waals surface area contributed by atoms with E-state index in [2.05, 4.69) is 32.0 Å². The van der Waals surface area contributed by atoms with Gasteiger partial charge in [-0.25, -0.2) is 0 Å². The second-order valence-electron chi connectivity index (χ2n) is 7.17. The van der Waals surface area contributed by atoms with E-state index in [1.54, 1.807) is 12.4 Å². The first-order chi connectivity index (χ1) is 15.2. The Hall–Kier alpha value is -3.07. The van der Waals surface area contributed by atoms with Crippen molar-refractivity contribution in [1.29, 1.82) is 0 Å². The number of carbonyl (C=O) groups is 1. The van der Waals surface area contributed by atoms with Gasteiger partial charge >= 0.3 is 0 Å². The summed E-state index contributed by atoms with van der Waals surface area (Å²) in [5.41, 5.74) is 1.93. The molecule has 2 aromatic heterocycles. The molecule has 8 nitrogen and oxygen atoms in total. The number of amides is 1. The van der Waals surface area contributed by atoms with Gasteiger partial charge in [-0.3, -0.25) is 9.78 Å². The molecule has 0 saturated carbocycles. The molecule has 0 radical (unpaired) electrons. The van der Waals surface area contributed by atoms with Gasteiger partial charge in [0.25, 0.3) is 0 Å². The van der Waals surface area contributed by atoms with E-state index in [1.165, 1.54) is 11.8 Å². The molecule has 1 unspecified atom stereocenters. The first-order valence-electron chi connectivity index (χ1n) is 10.3. The van der Waals surface area contributed by atoms with E-state index in [1.807, 2.05) is 37.3 Å². The maximum absolute atomic E-state index is 12.6. The second-order valence-corrected chi connectivity index (χ2v) is 8.12. The summed E-state index contributed by atoms with van der Waals surface area (Å²) in [7, 11) is 0. The largest absolute Gasteiger partial charge is 0.486 e. The number of nitrogens with one attached hydrogen (secondary N) is 1. The highest BCUT2D eigenvalue weighted by molar-refractivity contribution is 7.99. The average molecular weight is 440 g/mol. The highest BCUT2D eigenvalue weighted by Gasteiger charge is 2.18. The van der Waals surface area contributed by atoms with Gasteiger partial charge in [-0.15, -0.1) is 10.2 Å².